The highest BCUT2D eigenvalue weighted by Gasteiger charge is 2.40. The summed E-state index contributed by atoms with van der Waals surface area (Å²) in [6.07, 6.45) is -1.86. The van der Waals surface area contributed by atoms with Gasteiger partial charge in [0.15, 0.2) is 5.82 Å². The summed E-state index contributed by atoms with van der Waals surface area (Å²) in [6.45, 7) is 14.4. The van der Waals surface area contributed by atoms with E-state index < -0.39 is 41.2 Å². The molecule has 0 saturated heterocycles. The van der Waals surface area contributed by atoms with Crippen molar-refractivity contribution in [2.45, 2.75) is 85.7 Å². The van der Waals surface area contributed by atoms with E-state index in [2.05, 4.69) is 5.32 Å². The maximum Gasteiger partial charge on any atom is 0.412 e. The number of anilines is 2. The number of ether oxygens (including phenoxy) is 3. The lowest BCUT2D eigenvalue weighted by Crippen LogP contribution is -2.48. The Hall–Kier alpha value is -4.02. The third kappa shape index (κ3) is 9.49. The van der Waals surface area contributed by atoms with E-state index in [1.807, 2.05) is 44.2 Å². The Morgan fingerprint density at radius 2 is 1.70 bits per heavy atom. The molecule has 1 atom stereocenters. The third-order valence-electron chi connectivity index (χ3n) is 6.31. The number of rotatable bonds is 10. The maximum atomic E-state index is 16.3. The number of carboxylic acid groups (broad SMARTS) is 1. The fourth-order valence-corrected chi connectivity index (χ4v) is 4.79. The minimum atomic E-state index is -1.29. The van der Waals surface area contributed by atoms with Crippen LogP contribution >= 0.6 is 0 Å². The van der Waals surface area contributed by atoms with Gasteiger partial charge in [-0.1, -0.05) is 44.2 Å². The molecule has 2 aromatic carbocycles. The molecule has 0 aromatic heterocycles. The molecule has 1 heterocycles. The van der Waals surface area contributed by atoms with Crippen molar-refractivity contribution < 1.29 is 38.1 Å². The average Bonchev–Trinajstić information content (AvgIpc) is 3.23. The molecule has 11 heteroatoms. The predicted molar refractivity (Wildman–Crippen MR) is 162 cm³/mol. The first kappa shape index (κ1) is 33.5. The van der Waals surface area contributed by atoms with Crippen LogP contribution in [-0.2, 0) is 27.3 Å². The molecule has 0 unspecified atom stereocenters. The first-order valence-corrected chi connectivity index (χ1v) is 14.4. The van der Waals surface area contributed by atoms with Gasteiger partial charge < -0.3 is 29.5 Å². The van der Waals surface area contributed by atoms with Crippen molar-refractivity contribution in [3.05, 3.63) is 53.3 Å². The summed E-state index contributed by atoms with van der Waals surface area (Å²) in [5.74, 6) is -1.20. The minimum absolute atomic E-state index is 0.00490. The standard InChI is InChI=1S/C32H44FN3O7/c1-20(2)17-35(30(40)43-32(6,7)8)18-22-14-23-24(36(22)29(38)39)15-25(41-19-21-12-10-9-11-13-21)28(27(23)33)34-16-26(37)42-31(3,4)5/h9-13,15,20,22,34H,14,16-19H2,1-8H3,(H,38,39)/t22-/m1/s1. The minimum Gasteiger partial charge on any atom is -0.487 e. The van der Waals surface area contributed by atoms with Gasteiger partial charge in [-0.3, -0.25) is 9.69 Å². The second-order valence-corrected chi connectivity index (χ2v) is 13.1. The second kappa shape index (κ2) is 13.5. The quantitative estimate of drug-likeness (QED) is 0.298. The number of hydrogen-bond donors (Lipinski definition) is 2. The smallest absolute Gasteiger partial charge is 0.412 e. The number of carbonyl (C=O) groups is 3. The maximum absolute atomic E-state index is 16.3. The van der Waals surface area contributed by atoms with Gasteiger partial charge in [0.05, 0.1) is 11.7 Å². The Labute approximate surface area is 253 Å². The number of hydrogen-bond acceptors (Lipinski definition) is 7. The highest BCUT2D eigenvalue weighted by molar-refractivity contribution is 5.92. The zero-order chi connectivity index (χ0) is 32.1. The van der Waals surface area contributed by atoms with Crippen LogP contribution in [0.25, 0.3) is 0 Å². The zero-order valence-electron chi connectivity index (χ0n) is 26.3. The Morgan fingerprint density at radius 3 is 2.26 bits per heavy atom. The van der Waals surface area contributed by atoms with Crippen LogP contribution in [0.4, 0.5) is 25.4 Å². The molecule has 236 valence electrons. The van der Waals surface area contributed by atoms with Gasteiger partial charge in [-0.25, -0.2) is 14.0 Å². The fourth-order valence-electron chi connectivity index (χ4n) is 4.79. The molecule has 1 aliphatic rings. The van der Waals surface area contributed by atoms with Crippen molar-refractivity contribution in [2.24, 2.45) is 5.92 Å². The summed E-state index contributed by atoms with van der Waals surface area (Å²) in [4.78, 5) is 40.6. The summed E-state index contributed by atoms with van der Waals surface area (Å²) in [7, 11) is 0. The van der Waals surface area contributed by atoms with E-state index in [-0.39, 0.29) is 54.7 Å². The van der Waals surface area contributed by atoms with Gasteiger partial charge in [0, 0.05) is 31.1 Å². The largest absolute Gasteiger partial charge is 0.487 e. The molecule has 2 N–H and O–H groups in total. The second-order valence-electron chi connectivity index (χ2n) is 13.1. The molecule has 0 radical (unpaired) electrons. The number of nitrogens with zero attached hydrogens (tertiary/aromatic N) is 2. The molecule has 0 aliphatic carbocycles. The summed E-state index contributed by atoms with van der Waals surface area (Å²) in [5.41, 5.74) is -0.473. The van der Waals surface area contributed by atoms with E-state index >= 15 is 4.39 Å². The number of halogens is 1. The highest BCUT2D eigenvalue weighted by Crippen LogP contribution is 2.43. The van der Waals surface area contributed by atoms with Crippen molar-refractivity contribution in [2.75, 3.05) is 29.9 Å². The molecular formula is C32H44FN3O7. The number of amides is 2. The molecule has 2 aromatic rings. The number of carbonyl (C=O) groups excluding carboxylic acids is 2. The normalized spacial score (nSPS) is 14.7. The molecular weight excluding hydrogens is 557 g/mol. The zero-order valence-corrected chi connectivity index (χ0v) is 26.3. The van der Waals surface area contributed by atoms with Crippen LogP contribution in [0.5, 0.6) is 5.75 Å². The first-order chi connectivity index (χ1) is 19.9. The Balaban J connectivity index is 1.98. The highest BCUT2D eigenvalue weighted by atomic mass is 19.1. The molecule has 10 nitrogen and oxygen atoms in total. The van der Waals surface area contributed by atoms with Crippen LogP contribution in [0.15, 0.2) is 36.4 Å². The number of fused-ring (bicyclic) bond motifs is 1. The fraction of sp³-hybridized carbons (Fsp3) is 0.531. The SMILES string of the molecule is CC(C)CN(C[C@H]1Cc2c(cc(OCc3ccccc3)c(NCC(=O)OC(C)(C)C)c2F)N1C(=O)O)C(=O)OC(C)(C)C. The lowest BCUT2D eigenvalue weighted by Gasteiger charge is -2.32. The lowest BCUT2D eigenvalue weighted by molar-refractivity contribution is -0.152. The molecule has 0 fully saturated rings. The topological polar surface area (TPSA) is 118 Å². The summed E-state index contributed by atoms with van der Waals surface area (Å²) in [6, 6.07) is 9.91. The van der Waals surface area contributed by atoms with E-state index in [9.17, 15) is 19.5 Å². The molecule has 1 aliphatic heterocycles. The molecule has 2 amide bonds. The van der Waals surface area contributed by atoms with Gasteiger partial charge in [-0.15, -0.1) is 0 Å². The summed E-state index contributed by atoms with van der Waals surface area (Å²) in [5, 5.41) is 13.1. The van der Waals surface area contributed by atoms with Crippen LogP contribution in [0.1, 0.15) is 66.5 Å². The van der Waals surface area contributed by atoms with Gasteiger partial charge >= 0.3 is 18.2 Å². The van der Waals surface area contributed by atoms with Crippen molar-refractivity contribution in [3.63, 3.8) is 0 Å². The molecule has 3 rings (SSSR count). The summed E-state index contributed by atoms with van der Waals surface area (Å²) >= 11 is 0. The monoisotopic (exact) mass is 601 g/mol. The molecule has 0 saturated carbocycles. The van der Waals surface area contributed by atoms with E-state index in [0.29, 0.717) is 6.54 Å². The molecule has 0 spiro atoms. The van der Waals surface area contributed by atoms with E-state index in [4.69, 9.17) is 14.2 Å². The van der Waals surface area contributed by atoms with Gasteiger partial charge in [0.2, 0.25) is 0 Å². The van der Waals surface area contributed by atoms with Gasteiger partial charge in [-0.05, 0) is 53.0 Å². The van der Waals surface area contributed by atoms with Crippen molar-refractivity contribution in [3.8, 4) is 5.75 Å². The van der Waals surface area contributed by atoms with Gasteiger partial charge in [0.1, 0.15) is 35.8 Å². The van der Waals surface area contributed by atoms with Crippen LogP contribution < -0.4 is 15.0 Å². The van der Waals surface area contributed by atoms with Crippen LogP contribution in [0.3, 0.4) is 0 Å². The summed E-state index contributed by atoms with van der Waals surface area (Å²) < 4.78 is 33.2. The van der Waals surface area contributed by atoms with Crippen LogP contribution in [-0.4, -0.2) is 65.0 Å². The van der Waals surface area contributed by atoms with Crippen LogP contribution in [0, 0.1) is 11.7 Å². The first-order valence-electron chi connectivity index (χ1n) is 14.4. The van der Waals surface area contributed by atoms with E-state index in [1.54, 1.807) is 41.5 Å². The average molecular weight is 602 g/mol. The number of esters is 1. The lowest BCUT2D eigenvalue weighted by atomic mass is 10.1. The number of nitrogens with one attached hydrogen (secondary N) is 1. The Bertz CT molecular complexity index is 1300. The van der Waals surface area contributed by atoms with Crippen molar-refractivity contribution >= 4 is 29.5 Å². The Kier molecular flexibility index (Phi) is 10.5. The predicted octanol–water partition coefficient (Wildman–Crippen LogP) is 6.46. The van der Waals surface area contributed by atoms with Crippen molar-refractivity contribution in [1.29, 1.82) is 0 Å². The Morgan fingerprint density at radius 1 is 1.07 bits per heavy atom. The van der Waals surface area contributed by atoms with Crippen molar-refractivity contribution in [1.82, 2.24) is 4.90 Å². The van der Waals surface area contributed by atoms with Gasteiger partial charge in [-0.2, -0.15) is 0 Å². The molecule has 0 bridgehead atoms. The third-order valence-corrected chi connectivity index (χ3v) is 6.31. The van der Waals surface area contributed by atoms with E-state index in [1.165, 1.54) is 11.0 Å². The number of benzene rings is 2. The van der Waals surface area contributed by atoms with Gasteiger partial charge in [0.25, 0.3) is 0 Å². The van der Waals surface area contributed by atoms with Crippen LogP contribution in [0.2, 0.25) is 0 Å². The van der Waals surface area contributed by atoms with E-state index in [0.717, 1.165) is 10.5 Å². The molecule has 43 heavy (non-hydrogen) atoms.